The van der Waals surface area contributed by atoms with Gasteiger partial charge in [-0.2, -0.15) is 0 Å². The number of ether oxygens (including phenoxy) is 1. The van der Waals surface area contributed by atoms with Crippen molar-refractivity contribution in [2.24, 2.45) is 5.92 Å². The molecule has 3 N–H and O–H groups in total. The maximum absolute atomic E-state index is 13.6. The molecule has 1 fully saturated rings. The number of hydrogen-bond acceptors (Lipinski definition) is 5. The summed E-state index contributed by atoms with van der Waals surface area (Å²) in [6.45, 7) is 0. The van der Waals surface area contributed by atoms with Gasteiger partial charge in [-0.05, 0) is 25.0 Å². The summed E-state index contributed by atoms with van der Waals surface area (Å²) in [5, 5.41) is 2.67. The quantitative estimate of drug-likeness (QED) is 0.843. The summed E-state index contributed by atoms with van der Waals surface area (Å²) in [4.78, 5) is 19.5. The molecule has 3 rings (SSSR count). The Morgan fingerprint density at radius 3 is 2.90 bits per heavy atom. The number of amides is 1. The predicted octanol–water partition coefficient (Wildman–Crippen LogP) is 2.34. The Kier molecular flexibility index (Phi) is 3.39. The third kappa shape index (κ3) is 3.25. The fourth-order valence-electron chi connectivity index (χ4n) is 1.75. The Morgan fingerprint density at radius 1 is 1.33 bits per heavy atom. The molecule has 1 amide bonds. The highest BCUT2D eigenvalue weighted by Crippen LogP contribution is 2.30. The van der Waals surface area contributed by atoms with Crippen molar-refractivity contribution in [3.8, 4) is 11.6 Å². The first kappa shape index (κ1) is 13.3. The van der Waals surface area contributed by atoms with Crippen molar-refractivity contribution in [2.75, 3.05) is 11.1 Å². The number of anilines is 2. The number of nitrogens with one attached hydrogen (secondary N) is 1. The SMILES string of the molecule is Nc1ccc(F)c(Oc2cc(NC(=O)C3CC3)ncn2)c1. The zero-order valence-corrected chi connectivity index (χ0v) is 11.0. The van der Waals surface area contributed by atoms with Crippen LogP contribution in [0.1, 0.15) is 12.8 Å². The van der Waals surface area contributed by atoms with E-state index < -0.39 is 5.82 Å². The number of benzene rings is 1. The van der Waals surface area contributed by atoms with Gasteiger partial charge in [-0.3, -0.25) is 4.79 Å². The minimum absolute atomic E-state index is 0.0341. The van der Waals surface area contributed by atoms with Gasteiger partial charge in [0.2, 0.25) is 11.8 Å². The van der Waals surface area contributed by atoms with E-state index in [0.29, 0.717) is 11.5 Å². The van der Waals surface area contributed by atoms with Gasteiger partial charge < -0.3 is 15.8 Å². The topological polar surface area (TPSA) is 90.1 Å². The molecule has 0 bridgehead atoms. The molecule has 0 spiro atoms. The Labute approximate surface area is 120 Å². The molecule has 1 aliphatic carbocycles. The number of carbonyl (C=O) groups excluding carboxylic acids is 1. The van der Waals surface area contributed by atoms with Gasteiger partial charge in [0.1, 0.15) is 12.1 Å². The maximum atomic E-state index is 13.6. The predicted molar refractivity (Wildman–Crippen MR) is 74.3 cm³/mol. The van der Waals surface area contributed by atoms with Crippen LogP contribution in [0, 0.1) is 11.7 Å². The Hall–Kier alpha value is -2.70. The summed E-state index contributed by atoms with van der Waals surface area (Å²) in [7, 11) is 0. The fraction of sp³-hybridized carbons (Fsp3) is 0.214. The van der Waals surface area contributed by atoms with Gasteiger partial charge in [0, 0.05) is 23.7 Å². The first-order valence-electron chi connectivity index (χ1n) is 6.47. The summed E-state index contributed by atoms with van der Waals surface area (Å²) in [6.07, 6.45) is 3.03. The van der Waals surface area contributed by atoms with Crippen LogP contribution in [0.2, 0.25) is 0 Å². The molecule has 1 heterocycles. The Morgan fingerprint density at radius 2 is 2.14 bits per heavy atom. The smallest absolute Gasteiger partial charge is 0.228 e. The third-order valence-electron chi connectivity index (χ3n) is 3.01. The van der Waals surface area contributed by atoms with E-state index in [2.05, 4.69) is 15.3 Å². The van der Waals surface area contributed by atoms with Gasteiger partial charge in [0.15, 0.2) is 11.6 Å². The maximum Gasteiger partial charge on any atom is 0.228 e. The van der Waals surface area contributed by atoms with Crippen LogP contribution in [-0.2, 0) is 4.79 Å². The summed E-state index contributed by atoms with van der Waals surface area (Å²) in [6, 6.07) is 5.44. The van der Waals surface area contributed by atoms with Gasteiger partial charge in [-0.25, -0.2) is 14.4 Å². The number of rotatable bonds is 4. The molecule has 0 atom stereocenters. The fourth-order valence-corrected chi connectivity index (χ4v) is 1.75. The summed E-state index contributed by atoms with van der Waals surface area (Å²) in [5.41, 5.74) is 5.96. The largest absolute Gasteiger partial charge is 0.436 e. The normalized spacial score (nSPS) is 13.8. The number of nitrogens with zero attached hydrogens (tertiary/aromatic N) is 2. The van der Waals surface area contributed by atoms with Gasteiger partial charge in [0.25, 0.3) is 0 Å². The van der Waals surface area contributed by atoms with Gasteiger partial charge in [-0.1, -0.05) is 0 Å². The van der Waals surface area contributed by atoms with Crippen molar-refractivity contribution in [1.29, 1.82) is 0 Å². The Balaban J connectivity index is 1.76. The van der Waals surface area contributed by atoms with Crippen molar-refractivity contribution >= 4 is 17.4 Å². The molecular formula is C14H13FN4O2. The lowest BCUT2D eigenvalue weighted by Crippen LogP contribution is -2.14. The van der Waals surface area contributed by atoms with Crippen molar-refractivity contribution in [2.45, 2.75) is 12.8 Å². The lowest BCUT2D eigenvalue weighted by atomic mass is 10.3. The molecule has 0 radical (unpaired) electrons. The lowest BCUT2D eigenvalue weighted by molar-refractivity contribution is -0.117. The van der Waals surface area contributed by atoms with E-state index in [4.69, 9.17) is 10.5 Å². The standard InChI is InChI=1S/C14H13FN4O2/c15-10-4-3-9(16)5-11(10)21-13-6-12(17-7-18-13)19-14(20)8-1-2-8/h3-8H,1-2,16H2,(H,17,18,19,20). The lowest BCUT2D eigenvalue weighted by Gasteiger charge is -2.08. The molecule has 0 saturated heterocycles. The molecule has 0 aliphatic heterocycles. The highest BCUT2D eigenvalue weighted by molar-refractivity contribution is 5.93. The van der Waals surface area contributed by atoms with Crippen molar-refractivity contribution < 1.29 is 13.9 Å². The van der Waals surface area contributed by atoms with Gasteiger partial charge >= 0.3 is 0 Å². The van der Waals surface area contributed by atoms with E-state index in [9.17, 15) is 9.18 Å². The van der Waals surface area contributed by atoms with Gasteiger partial charge in [0.05, 0.1) is 0 Å². The molecule has 0 unspecified atom stereocenters. The number of halogens is 1. The summed E-state index contributed by atoms with van der Waals surface area (Å²) >= 11 is 0. The average molecular weight is 288 g/mol. The van der Waals surface area contributed by atoms with Crippen LogP contribution >= 0.6 is 0 Å². The summed E-state index contributed by atoms with van der Waals surface area (Å²) < 4.78 is 18.9. The number of aromatic nitrogens is 2. The second-order valence-corrected chi connectivity index (χ2v) is 4.80. The molecule has 7 heteroatoms. The molecule has 108 valence electrons. The molecule has 6 nitrogen and oxygen atoms in total. The number of nitrogen functional groups attached to an aromatic ring is 1. The number of hydrogen-bond donors (Lipinski definition) is 2. The van der Waals surface area contributed by atoms with Crippen molar-refractivity contribution in [1.82, 2.24) is 9.97 Å². The first-order chi connectivity index (χ1) is 10.1. The van der Waals surface area contributed by atoms with Crippen LogP contribution in [0.15, 0.2) is 30.6 Å². The minimum atomic E-state index is -0.550. The first-order valence-corrected chi connectivity index (χ1v) is 6.47. The van der Waals surface area contributed by atoms with Crippen LogP contribution < -0.4 is 15.8 Å². The second kappa shape index (κ2) is 5.35. The highest BCUT2D eigenvalue weighted by Gasteiger charge is 2.29. The molecule has 21 heavy (non-hydrogen) atoms. The Bertz CT molecular complexity index is 688. The minimum Gasteiger partial charge on any atom is -0.436 e. The zero-order chi connectivity index (χ0) is 14.8. The molecule has 1 aromatic heterocycles. The summed E-state index contributed by atoms with van der Waals surface area (Å²) in [5.74, 6) is -0.146. The highest BCUT2D eigenvalue weighted by atomic mass is 19.1. The van der Waals surface area contributed by atoms with Crippen LogP contribution in [0.5, 0.6) is 11.6 Å². The van der Waals surface area contributed by atoms with E-state index in [1.54, 1.807) is 0 Å². The van der Waals surface area contributed by atoms with Gasteiger partial charge in [-0.15, -0.1) is 0 Å². The van der Waals surface area contributed by atoms with Crippen LogP contribution in [0.3, 0.4) is 0 Å². The van der Waals surface area contributed by atoms with Crippen molar-refractivity contribution in [3.63, 3.8) is 0 Å². The van der Waals surface area contributed by atoms with Crippen molar-refractivity contribution in [3.05, 3.63) is 36.4 Å². The molecule has 1 aliphatic rings. The van der Waals surface area contributed by atoms with E-state index in [1.807, 2.05) is 0 Å². The van der Waals surface area contributed by atoms with Crippen LogP contribution in [0.4, 0.5) is 15.9 Å². The molecule has 1 saturated carbocycles. The zero-order valence-electron chi connectivity index (χ0n) is 11.0. The monoisotopic (exact) mass is 288 g/mol. The van der Waals surface area contributed by atoms with E-state index >= 15 is 0 Å². The second-order valence-electron chi connectivity index (χ2n) is 4.80. The van der Waals surface area contributed by atoms with E-state index in [-0.39, 0.29) is 23.5 Å². The van der Waals surface area contributed by atoms with E-state index in [1.165, 1.54) is 30.6 Å². The number of carbonyl (C=O) groups is 1. The van der Waals surface area contributed by atoms with Crippen LogP contribution in [-0.4, -0.2) is 15.9 Å². The number of nitrogens with two attached hydrogens (primary N) is 1. The van der Waals surface area contributed by atoms with E-state index in [0.717, 1.165) is 12.8 Å². The third-order valence-corrected chi connectivity index (χ3v) is 3.01. The molecule has 1 aromatic carbocycles. The molecule has 2 aromatic rings. The van der Waals surface area contributed by atoms with Crippen LogP contribution in [0.25, 0.3) is 0 Å². The molecular weight excluding hydrogens is 275 g/mol. The average Bonchev–Trinajstić information content (AvgIpc) is 3.28.